The van der Waals surface area contributed by atoms with Gasteiger partial charge in [-0.15, -0.1) is 0 Å². The highest BCUT2D eigenvalue weighted by molar-refractivity contribution is 5.75. The molecule has 0 fully saturated rings. The van der Waals surface area contributed by atoms with Crippen LogP contribution in [0.4, 0.5) is 0 Å². The maximum absolute atomic E-state index is 11.1. The Kier molecular flexibility index (Phi) is 16.0. The zero-order chi connectivity index (χ0) is 15.8. The second-order valence-electron chi connectivity index (χ2n) is 3.47. The number of carbonyl (C=O) groups is 1. The van der Waals surface area contributed by atoms with E-state index < -0.39 is 0 Å². The summed E-state index contributed by atoms with van der Waals surface area (Å²) in [6.07, 6.45) is 3.99. The van der Waals surface area contributed by atoms with Gasteiger partial charge in [0.15, 0.2) is 0 Å². The maximum atomic E-state index is 11.1. The Morgan fingerprint density at radius 2 is 1.75 bits per heavy atom. The Morgan fingerprint density at radius 1 is 1.20 bits per heavy atom. The molecule has 1 aromatic carbocycles. The van der Waals surface area contributed by atoms with Crippen LogP contribution >= 0.6 is 0 Å². The average Bonchev–Trinajstić information content (AvgIpc) is 2.55. The fourth-order valence-electron chi connectivity index (χ4n) is 1.26. The smallest absolute Gasteiger partial charge is 0.322 e. The highest BCUT2D eigenvalue weighted by atomic mass is 16.5. The van der Waals surface area contributed by atoms with Gasteiger partial charge in [0.1, 0.15) is 6.04 Å². The second kappa shape index (κ2) is 15.4. The fraction of sp³-hybridized carbons (Fsp3) is 0.471. The van der Waals surface area contributed by atoms with Gasteiger partial charge in [0.2, 0.25) is 0 Å². The summed E-state index contributed by atoms with van der Waals surface area (Å²) in [7, 11) is 1.39. The minimum atomic E-state index is -0.273. The van der Waals surface area contributed by atoms with E-state index in [2.05, 4.69) is 10.1 Å². The molecule has 3 heteroatoms. The monoisotopic (exact) mass is 279 g/mol. The van der Waals surface area contributed by atoms with Gasteiger partial charge in [-0.05, 0) is 12.5 Å². The first-order valence-corrected chi connectivity index (χ1v) is 7.27. The summed E-state index contributed by atoms with van der Waals surface area (Å²) in [6.45, 7) is 10.4. The van der Waals surface area contributed by atoms with Gasteiger partial charge in [0.05, 0.1) is 7.11 Å². The molecule has 0 saturated carbocycles. The van der Waals surface area contributed by atoms with Crippen LogP contribution in [0.3, 0.4) is 0 Å². The fourth-order valence-corrected chi connectivity index (χ4v) is 1.26. The SMILES string of the molecule is CC.CC.COC(=O)C(C)NC/C=C/c1ccccc1. The van der Waals surface area contributed by atoms with Crippen LogP contribution in [0.1, 0.15) is 40.2 Å². The largest absolute Gasteiger partial charge is 0.468 e. The van der Waals surface area contributed by atoms with Gasteiger partial charge in [-0.2, -0.15) is 0 Å². The zero-order valence-electron chi connectivity index (χ0n) is 13.6. The molecule has 0 aliphatic carbocycles. The molecular weight excluding hydrogens is 250 g/mol. The van der Waals surface area contributed by atoms with E-state index in [1.54, 1.807) is 6.92 Å². The first kappa shape index (κ1) is 20.7. The van der Waals surface area contributed by atoms with Crippen LogP contribution in [0.25, 0.3) is 6.08 Å². The highest BCUT2D eigenvalue weighted by Gasteiger charge is 2.09. The van der Waals surface area contributed by atoms with Gasteiger partial charge in [0, 0.05) is 6.54 Å². The topological polar surface area (TPSA) is 38.3 Å². The third kappa shape index (κ3) is 10.3. The number of nitrogens with one attached hydrogen (secondary N) is 1. The van der Waals surface area contributed by atoms with Gasteiger partial charge in [-0.25, -0.2) is 0 Å². The van der Waals surface area contributed by atoms with Crippen LogP contribution in [-0.4, -0.2) is 25.7 Å². The van der Waals surface area contributed by atoms with Crippen molar-refractivity contribution in [3.63, 3.8) is 0 Å². The van der Waals surface area contributed by atoms with Gasteiger partial charge >= 0.3 is 5.97 Å². The molecule has 0 amide bonds. The zero-order valence-corrected chi connectivity index (χ0v) is 13.6. The van der Waals surface area contributed by atoms with Gasteiger partial charge in [-0.3, -0.25) is 4.79 Å². The molecule has 1 aromatic rings. The minimum absolute atomic E-state index is 0.242. The molecule has 3 nitrogen and oxygen atoms in total. The van der Waals surface area contributed by atoms with Gasteiger partial charge in [-0.1, -0.05) is 70.2 Å². The quantitative estimate of drug-likeness (QED) is 0.831. The Labute approximate surface area is 124 Å². The van der Waals surface area contributed by atoms with Crippen LogP contribution < -0.4 is 5.32 Å². The van der Waals surface area contributed by atoms with Crippen LogP contribution in [0.5, 0.6) is 0 Å². The van der Waals surface area contributed by atoms with Gasteiger partial charge < -0.3 is 10.1 Å². The summed E-state index contributed by atoms with van der Waals surface area (Å²) >= 11 is 0. The molecule has 114 valence electrons. The molecule has 0 bridgehead atoms. The third-order valence-corrected chi connectivity index (χ3v) is 2.21. The van der Waals surface area contributed by atoms with Crippen LogP contribution in [0.15, 0.2) is 36.4 Å². The van der Waals surface area contributed by atoms with Crippen LogP contribution in [0.2, 0.25) is 0 Å². The Bertz CT molecular complexity index is 347. The first-order valence-electron chi connectivity index (χ1n) is 7.27. The van der Waals surface area contributed by atoms with Crippen molar-refractivity contribution in [1.29, 1.82) is 0 Å². The van der Waals surface area contributed by atoms with Crippen molar-refractivity contribution in [1.82, 2.24) is 5.32 Å². The average molecular weight is 279 g/mol. The number of hydrogen-bond donors (Lipinski definition) is 1. The lowest BCUT2D eigenvalue weighted by Gasteiger charge is -2.08. The number of rotatable bonds is 5. The summed E-state index contributed by atoms with van der Waals surface area (Å²) in [4.78, 5) is 11.1. The lowest BCUT2D eigenvalue weighted by molar-refractivity contribution is -0.142. The molecule has 0 aliphatic rings. The Morgan fingerprint density at radius 3 is 2.25 bits per heavy atom. The molecule has 0 saturated heterocycles. The molecule has 1 unspecified atom stereocenters. The number of esters is 1. The number of hydrogen-bond acceptors (Lipinski definition) is 3. The molecule has 0 heterocycles. The molecular formula is C17H29NO2. The molecule has 0 radical (unpaired) electrons. The molecule has 1 rings (SSSR count). The summed E-state index contributed by atoms with van der Waals surface area (Å²) in [5, 5.41) is 3.04. The normalized spacial score (nSPS) is 10.7. The van der Waals surface area contributed by atoms with E-state index in [4.69, 9.17) is 0 Å². The summed E-state index contributed by atoms with van der Waals surface area (Å²) in [6, 6.07) is 9.74. The summed E-state index contributed by atoms with van der Waals surface area (Å²) in [5.74, 6) is -0.242. The Balaban J connectivity index is 0. The number of benzene rings is 1. The molecule has 20 heavy (non-hydrogen) atoms. The number of methoxy groups -OCH3 is 1. The maximum Gasteiger partial charge on any atom is 0.322 e. The van der Waals surface area contributed by atoms with Crippen molar-refractivity contribution in [2.45, 2.75) is 40.7 Å². The van der Waals surface area contributed by atoms with Crippen LogP contribution in [-0.2, 0) is 9.53 Å². The predicted octanol–water partition coefficient (Wildman–Crippen LogP) is 3.90. The van der Waals surface area contributed by atoms with E-state index >= 15 is 0 Å². The van der Waals surface area contributed by atoms with E-state index in [1.807, 2.05) is 70.2 Å². The van der Waals surface area contributed by atoms with E-state index in [1.165, 1.54) is 7.11 Å². The summed E-state index contributed by atoms with van der Waals surface area (Å²) in [5.41, 5.74) is 1.15. The summed E-state index contributed by atoms with van der Waals surface area (Å²) < 4.78 is 4.60. The number of ether oxygens (including phenoxy) is 1. The van der Waals surface area contributed by atoms with Crippen LogP contribution in [0, 0.1) is 0 Å². The van der Waals surface area contributed by atoms with E-state index in [0.717, 1.165) is 5.56 Å². The minimum Gasteiger partial charge on any atom is -0.468 e. The standard InChI is InChI=1S/C13H17NO2.2C2H6/c1-11(13(15)16-2)14-10-6-9-12-7-4-3-5-8-12;2*1-2/h3-9,11,14H,10H2,1-2H3;2*1-2H3/b9-6+;;. The molecule has 1 N–H and O–H groups in total. The van der Waals surface area contributed by atoms with Crippen molar-refractivity contribution in [2.75, 3.05) is 13.7 Å². The third-order valence-electron chi connectivity index (χ3n) is 2.21. The van der Waals surface area contributed by atoms with E-state index in [-0.39, 0.29) is 12.0 Å². The highest BCUT2D eigenvalue weighted by Crippen LogP contribution is 2.00. The molecule has 1 atom stereocenters. The predicted molar refractivity (Wildman–Crippen MR) is 87.7 cm³/mol. The lowest BCUT2D eigenvalue weighted by Crippen LogP contribution is -2.34. The number of carbonyl (C=O) groups excluding carboxylic acids is 1. The van der Waals surface area contributed by atoms with Crippen molar-refractivity contribution < 1.29 is 9.53 Å². The van der Waals surface area contributed by atoms with Crippen molar-refractivity contribution >= 4 is 12.0 Å². The second-order valence-corrected chi connectivity index (χ2v) is 3.47. The first-order chi connectivity index (χ1) is 9.74. The van der Waals surface area contributed by atoms with Crippen molar-refractivity contribution in [2.24, 2.45) is 0 Å². The molecule has 0 spiro atoms. The van der Waals surface area contributed by atoms with Crippen molar-refractivity contribution in [3.8, 4) is 0 Å². The van der Waals surface area contributed by atoms with E-state index in [9.17, 15) is 4.79 Å². The lowest BCUT2D eigenvalue weighted by atomic mass is 10.2. The van der Waals surface area contributed by atoms with Crippen molar-refractivity contribution in [3.05, 3.63) is 42.0 Å². The molecule has 0 aromatic heterocycles. The Hall–Kier alpha value is -1.61. The van der Waals surface area contributed by atoms with Gasteiger partial charge in [0.25, 0.3) is 0 Å². The van der Waals surface area contributed by atoms with E-state index in [0.29, 0.717) is 6.54 Å². The molecule has 0 aliphatic heterocycles.